The third-order valence-electron chi connectivity index (χ3n) is 6.65. The minimum absolute atomic E-state index is 0.106. The fourth-order valence-corrected chi connectivity index (χ4v) is 4.51. The number of amides is 1. The molecule has 0 bridgehead atoms. The van der Waals surface area contributed by atoms with Crippen molar-refractivity contribution >= 4 is 17.3 Å². The first kappa shape index (κ1) is 28.1. The van der Waals surface area contributed by atoms with Crippen LogP contribution in [0.1, 0.15) is 57.2 Å². The van der Waals surface area contributed by atoms with Crippen LogP contribution in [0.4, 0.5) is 18.0 Å². The molecule has 0 atom stereocenters. The highest BCUT2D eigenvalue weighted by atomic mass is 19.4. The van der Waals surface area contributed by atoms with Crippen molar-refractivity contribution < 1.29 is 27.4 Å². The van der Waals surface area contributed by atoms with Gasteiger partial charge in [0.05, 0.1) is 12.2 Å². The number of hydrogen-bond acceptors (Lipinski definition) is 7. The standard InChI is InChI=1S/C27H31F3N6O3/c1-16-32-23-22(33-21(15-31)34-24(23)35(16)5)18-6-7-20(19(14-18)27(28,29)30)38-13-10-17-8-11-36(12-9-17)25(37)39-26(2,3)4/h6-7,14,17H,8-13H2,1-5H3. The van der Waals surface area contributed by atoms with Gasteiger partial charge in [0.25, 0.3) is 0 Å². The SMILES string of the molecule is Cc1nc2c(-c3ccc(OCCC4CCN(C(=O)OC(C)(C)C)CC4)c(C(F)(F)F)c3)nc(C#N)nc2n1C. The number of alkyl halides is 3. The van der Waals surface area contributed by atoms with Crippen LogP contribution in [0.3, 0.4) is 0 Å². The molecule has 4 rings (SSSR count). The molecule has 0 unspecified atom stereocenters. The molecule has 208 valence electrons. The molecule has 0 N–H and O–H groups in total. The molecule has 1 aliphatic rings. The van der Waals surface area contributed by atoms with Crippen LogP contribution in [0.5, 0.6) is 5.75 Å². The van der Waals surface area contributed by atoms with Gasteiger partial charge in [-0.1, -0.05) is 0 Å². The predicted octanol–water partition coefficient (Wildman–Crippen LogP) is 5.65. The molecule has 3 aromatic rings. The molecule has 0 radical (unpaired) electrons. The van der Waals surface area contributed by atoms with E-state index in [4.69, 9.17) is 9.47 Å². The minimum atomic E-state index is -4.67. The lowest BCUT2D eigenvalue weighted by Gasteiger charge is -2.33. The molecule has 1 aliphatic heterocycles. The number of nitrogens with zero attached hydrogens (tertiary/aromatic N) is 6. The third-order valence-corrected chi connectivity index (χ3v) is 6.65. The average molecular weight is 545 g/mol. The van der Waals surface area contributed by atoms with Gasteiger partial charge >= 0.3 is 12.3 Å². The second-order valence-electron chi connectivity index (χ2n) is 10.7. The molecule has 0 saturated carbocycles. The van der Waals surface area contributed by atoms with Crippen molar-refractivity contribution in [3.63, 3.8) is 0 Å². The molecule has 1 aromatic carbocycles. The summed E-state index contributed by atoms with van der Waals surface area (Å²) in [4.78, 5) is 26.6. The van der Waals surface area contributed by atoms with Crippen molar-refractivity contribution in [2.24, 2.45) is 13.0 Å². The second kappa shape index (κ2) is 10.7. The number of rotatable bonds is 5. The van der Waals surface area contributed by atoms with Crippen molar-refractivity contribution in [2.75, 3.05) is 19.7 Å². The molecule has 1 amide bonds. The normalized spacial score (nSPS) is 14.9. The maximum atomic E-state index is 14.1. The van der Waals surface area contributed by atoms with Crippen LogP contribution in [0.15, 0.2) is 18.2 Å². The number of carbonyl (C=O) groups is 1. The highest BCUT2D eigenvalue weighted by Gasteiger charge is 2.35. The number of ether oxygens (including phenoxy) is 2. The Morgan fingerprint density at radius 2 is 1.85 bits per heavy atom. The lowest BCUT2D eigenvalue weighted by molar-refractivity contribution is -0.138. The molecular weight excluding hydrogens is 513 g/mol. The fourth-order valence-electron chi connectivity index (χ4n) is 4.51. The van der Waals surface area contributed by atoms with E-state index in [1.165, 1.54) is 12.1 Å². The molecule has 3 heterocycles. The van der Waals surface area contributed by atoms with Crippen molar-refractivity contribution in [1.82, 2.24) is 24.4 Å². The van der Waals surface area contributed by atoms with E-state index in [0.717, 1.165) is 18.9 Å². The van der Waals surface area contributed by atoms with E-state index < -0.39 is 17.3 Å². The van der Waals surface area contributed by atoms with Gasteiger partial charge in [-0.25, -0.2) is 14.8 Å². The Morgan fingerprint density at radius 1 is 1.15 bits per heavy atom. The Morgan fingerprint density at radius 3 is 2.46 bits per heavy atom. The van der Waals surface area contributed by atoms with Crippen LogP contribution < -0.4 is 4.74 Å². The van der Waals surface area contributed by atoms with E-state index in [2.05, 4.69) is 15.0 Å². The number of benzene rings is 1. The Bertz CT molecular complexity index is 1410. The van der Waals surface area contributed by atoms with Crippen LogP contribution in [-0.4, -0.2) is 55.8 Å². The molecule has 39 heavy (non-hydrogen) atoms. The van der Waals surface area contributed by atoms with Gasteiger partial charge in [-0.2, -0.15) is 23.4 Å². The number of imidazole rings is 1. The number of hydrogen-bond donors (Lipinski definition) is 0. The minimum Gasteiger partial charge on any atom is -0.493 e. The number of aromatic nitrogens is 4. The van der Waals surface area contributed by atoms with Crippen molar-refractivity contribution in [3.05, 3.63) is 35.4 Å². The first-order chi connectivity index (χ1) is 18.3. The lowest BCUT2D eigenvalue weighted by Crippen LogP contribution is -2.41. The molecule has 1 fully saturated rings. The quantitative estimate of drug-likeness (QED) is 0.409. The number of halogens is 3. The number of likely N-dealkylation sites (tertiary alicyclic amines) is 1. The van der Waals surface area contributed by atoms with Gasteiger partial charge < -0.3 is 18.9 Å². The zero-order chi connectivity index (χ0) is 28.5. The van der Waals surface area contributed by atoms with E-state index in [9.17, 15) is 23.2 Å². The Hall–Kier alpha value is -3.88. The summed E-state index contributed by atoms with van der Waals surface area (Å²) in [5.41, 5.74) is -0.520. The summed E-state index contributed by atoms with van der Waals surface area (Å²) in [6.45, 7) is 8.35. The predicted molar refractivity (Wildman–Crippen MR) is 137 cm³/mol. The number of nitriles is 1. The van der Waals surface area contributed by atoms with Crippen molar-refractivity contribution in [1.29, 1.82) is 5.26 Å². The Kier molecular flexibility index (Phi) is 7.73. The molecular formula is C27H31F3N6O3. The monoisotopic (exact) mass is 544 g/mol. The maximum Gasteiger partial charge on any atom is 0.419 e. The van der Waals surface area contributed by atoms with E-state index in [-0.39, 0.29) is 41.4 Å². The number of carbonyl (C=O) groups excluding carboxylic acids is 1. The Balaban J connectivity index is 1.48. The highest BCUT2D eigenvalue weighted by Crippen LogP contribution is 2.39. The number of piperidine rings is 1. The molecule has 0 spiro atoms. The second-order valence-corrected chi connectivity index (χ2v) is 10.7. The van der Waals surface area contributed by atoms with Gasteiger partial charge in [0, 0.05) is 25.7 Å². The first-order valence-electron chi connectivity index (χ1n) is 12.7. The van der Waals surface area contributed by atoms with Crippen LogP contribution in [-0.2, 0) is 18.0 Å². The maximum absolute atomic E-state index is 14.1. The molecule has 12 heteroatoms. The first-order valence-corrected chi connectivity index (χ1v) is 12.7. The summed E-state index contributed by atoms with van der Waals surface area (Å²) in [6.07, 6.45) is -3.01. The van der Waals surface area contributed by atoms with Crippen molar-refractivity contribution in [3.8, 4) is 23.1 Å². The highest BCUT2D eigenvalue weighted by molar-refractivity contribution is 5.88. The molecule has 2 aromatic heterocycles. The molecule has 1 saturated heterocycles. The van der Waals surface area contributed by atoms with Crippen molar-refractivity contribution in [2.45, 2.75) is 58.7 Å². The van der Waals surface area contributed by atoms with Gasteiger partial charge in [-0.3, -0.25) is 0 Å². The van der Waals surface area contributed by atoms with E-state index >= 15 is 0 Å². The van der Waals surface area contributed by atoms with Gasteiger partial charge in [-0.05, 0) is 71.1 Å². The zero-order valence-corrected chi connectivity index (χ0v) is 22.6. The van der Waals surface area contributed by atoms with Gasteiger partial charge in [0.1, 0.15) is 34.5 Å². The summed E-state index contributed by atoms with van der Waals surface area (Å²) < 4.78 is 54.9. The van der Waals surface area contributed by atoms with Gasteiger partial charge in [0.15, 0.2) is 5.65 Å². The van der Waals surface area contributed by atoms with E-state index in [1.807, 2.05) is 26.8 Å². The number of aryl methyl sites for hydroxylation is 2. The van der Waals surface area contributed by atoms with E-state index in [1.54, 1.807) is 23.4 Å². The average Bonchev–Trinajstić information content (AvgIpc) is 3.15. The number of fused-ring (bicyclic) bond motifs is 1. The summed E-state index contributed by atoms with van der Waals surface area (Å²) in [5.74, 6) is 0.375. The van der Waals surface area contributed by atoms with E-state index in [0.29, 0.717) is 36.5 Å². The molecule has 9 nitrogen and oxygen atoms in total. The summed E-state index contributed by atoms with van der Waals surface area (Å²) in [7, 11) is 1.71. The Labute approximate surface area is 224 Å². The molecule has 0 aliphatic carbocycles. The zero-order valence-electron chi connectivity index (χ0n) is 22.6. The van der Waals surface area contributed by atoms with Gasteiger partial charge in [0.2, 0.25) is 5.82 Å². The lowest BCUT2D eigenvalue weighted by atomic mass is 9.94. The van der Waals surface area contributed by atoms with Crippen LogP contribution in [0, 0.1) is 24.2 Å². The van der Waals surface area contributed by atoms with Crippen LogP contribution in [0.2, 0.25) is 0 Å². The summed E-state index contributed by atoms with van der Waals surface area (Å²) in [5, 5.41) is 9.35. The largest absolute Gasteiger partial charge is 0.493 e. The van der Waals surface area contributed by atoms with Crippen LogP contribution in [0.25, 0.3) is 22.4 Å². The smallest absolute Gasteiger partial charge is 0.419 e. The van der Waals surface area contributed by atoms with Gasteiger partial charge in [-0.15, -0.1) is 0 Å². The topological polar surface area (TPSA) is 106 Å². The summed E-state index contributed by atoms with van der Waals surface area (Å²) >= 11 is 0. The third kappa shape index (κ3) is 6.41. The van der Waals surface area contributed by atoms with Crippen LogP contribution >= 0.6 is 0 Å². The summed E-state index contributed by atoms with van der Waals surface area (Å²) in [6, 6.07) is 5.59. The fraction of sp³-hybridized carbons (Fsp3) is 0.519.